The highest BCUT2D eigenvalue weighted by Gasteiger charge is 2.62. The molecule has 27 heavy (non-hydrogen) atoms. The number of carbonyl (C=O) groups excluding carboxylic acids is 1. The van der Waals surface area contributed by atoms with E-state index in [4.69, 9.17) is 5.11 Å². The van der Waals surface area contributed by atoms with Crippen LogP contribution in [0, 0.1) is 46.3 Å². The normalized spacial score (nSPS) is 47.7. The van der Waals surface area contributed by atoms with E-state index >= 15 is 0 Å². The topological polar surface area (TPSA) is 54.4 Å². The molecular formula is C24H38O3. The van der Waals surface area contributed by atoms with Crippen LogP contribution in [0.2, 0.25) is 0 Å². The van der Waals surface area contributed by atoms with Crippen LogP contribution in [-0.4, -0.2) is 16.9 Å². The number of rotatable bonds is 4. The van der Waals surface area contributed by atoms with Gasteiger partial charge in [0.05, 0.1) is 0 Å². The lowest BCUT2D eigenvalue weighted by Crippen LogP contribution is -2.56. The predicted molar refractivity (Wildman–Crippen MR) is 106 cm³/mol. The second-order valence-corrected chi connectivity index (χ2v) is 11.0. The van der Waals surface area contributed by atoms with Crippen LogP contribution in [0.15, 0.2) is 0 Å². The van der Waals surface area contributed by atoms with Gasteiger partial charge in [0, 0.05) is 18.8 Å². The third kappa shape index (κ3) is 2.99. The first-order chi connectivity index (χ1) is 12.8. The number of aliphatic carboxylic acids is 1. The van der Waals surface area contributed by atoms with Crippen molar-refractivity contribution < 1.29 is 14.7 Å². The molecule has 4 saturated carbocycles. The lowest BCUT2D eigenvalue weighted by Gasteiger charge is -2.60. The fourth-order valence-corrected chi connectivity index (χ4v) is 8.49. The maximum absolute atomic E-state index is 13.3. The summed E-state index contributed by atoms with van der Waals surface area (Å²) in [6, 6.07) is 0. The van der Waals surface area contributed by atoms with E-state index in [1.165, 1.54) is 51.4 Å². The molecule has 0 heterocycles. The largest absolute Gasteiger partial charge is 0.481 e. The van der Waals surface area contributed by atoms with Gasteiger partial charge in [0.15, 0.2) is 0 Å². The molecule has 1 N–H and O–H groups in total. The fourth-order valence-electron chi connectivity index (χ4n) is 8.49. The summed E-state index contributed by atoms with van der Waals surface area (Å²) in [5.41, 5.74) is 0.637. The molecule has 4 fully saturated rings. The lowest BCUT2D eigenvalue weighted by atomic mass is 9.44. The van der Waals surface area contributed by atoms with Gasteiger partial charge in [0.1, 0.15) is 5.78 Å². The number of carbonyl (C=O) groups is 2. The van der Waals surface area contributed by atoms with E-state index in [1.807, 2.05) is 0 Å². The Bertz CT molecular complexity index is 613. The minimum atomic E-state index is -0.677. The molecule has 0 aromatic carbocycles. The zero-order chi connectivity index (χ0) is 19.4. The highest BCUT2D eigenvalue weighted by Crippen LogP contribution is 2.67. The van der Waals surface area contributed by atoms with Gasteiger partial charge in [0.25, 0.3) is 0 Å². The van der Waals surface area contributed by atoms with Gasteiger partial charge >= 0.3 is 5.97 Å². The summed E-state index contributed by atoms with van der Waals surface area (Å²) in [5.74, 6) is 3.02. The third-order valence-corrected chi connectivity index (χ3v) is 9.96. The molecule has 0 aliphatic heterocycles. The van der Waals surface area contributed by atoms with E-state index in [0.717, 1.165) is 12.8 Å². The quantitative estimate of drug-likeness (QED) is 0.685. The van der Waals surface area contributed by atoms with Crippen molar-refractivity contribution in [3.8, 4) is 0 Å². The second-order valence-electron chi connectivity index (χ2n) is 11.0. The summed E-state index contributed by atoms with van der Waals surface area (Å²) in [7, 11) is 0. The first-order valence-electron chi connectivity index (χ1n) is 11.5. The number of hydrogen-bond donors (Lipinski definition) is 1. The Kier molecular flexibility index (Phi) is 4.96. The molecule has 0 spiro atoms. The summed E-state index contributed by atoms with van der Waals surface area (Å²) < 4.78 is 0. The molecule has 0 amide bonds. The summed E-state index contributed by atoms with van der Waals surface area (Å²) in [5, 5.41) is 9.08. The van der Waals surface area contributed by atoms with E-state index in [1.54, 1.807) is 0 Å². The van der Waals surface area contributed by atoms with Crippen LogP contribution < -0.4 is 0 Å². The van der Waals surface area contributed by atoms with Gasteiger partial charge in [-0.25, -0.2) is 0 Å². The highest BCUT2D eigenvalue weighted by atomic mass is 16.4. The van der Waals surface area contributed by atoms with Gasteiger partial charge in [-0.2, -0.15) is 0 Å². The van der Waals surface area contributed by atoms with E-state index < -0.39 is 5.97 Å². The second kappa shape index (κ2) is 6.88. The summed E-state index contributed by atoms with van der Waals surface area (Å²) in [6.45, 7) is 7.23. The van der Waals surface area contributed by atoms with Crippen molar-refractivity contribution in [3.63, 3.8) is 0 Å². The average molecular weight is 375 g/mol. The first-order valence-corrected chi connectivity index (χ1v) is 11.5. The van der Waals surface area contributed by atoms with Gasteiger partial charge in [-0.3, -0.25) is 9.59 Å². The van der Waals surface area contributed by atoms with Gasteiger partial charge in [-0.15, -0.1) is 0 Å². The molecule has 0 radical (unpaired) electrons. The molecule has 0 aromatic heterocycles. The Hall–Kier alpha value is -0.860. The van der Waals surface area contributed by atoms with Crippen molar-refractivity contribution in [1.82, 2.24) is 0 Å². The predicted octanol–water partition coefficient (Wildman–Crippen LogP) is 5.72. The molecule has 0 saturated heterocycles. The first kappa shape index (κ1) is 19.5. The van der Waals surface area contributed by atoms with Crippen molar-refractivity contribution in [1.29, 1.82) is 0 Å². The number of fused-ring (bicyclic) bond motifs is 5. The van der Waals surface area contributed by atoms with E-state index in [2.05, 4.69) is 20.8 Å². The maximum atomic E-state index is 13.3. The third-order valence-electron chi connectivity index (χ3n) is 9.96. The maximum Gasteiger partial charge on any atom is 0.303 e. The Morgan fingerprint density at radius 2 is 1.81 bits per heavy atom. The van der Waals surface area contributed by atoms with Crippen LogP contribution in [-0.2, 0) is 9.59 Å². The fraction of sp³-hybridized carbons (Fsp3) is 0.917. The smallest absolute Gasteiger partial charge is 0.303 e. The van der Waals surface area contributed by atoms with Crippen LogP contribution in [0.3, 0.4) is 0 Å². The molecule has 3 nitrogen and oxygen atoms in total. The van der Waals surface area contributed by atoms with Crippen molar-refractivity contribution in [2.75, 3.05) is 0 Å². The Morgan fingerprint density at radius 1 is 1.07 bits per heavy atom. The van der Waals surface area contributed by atoms with E-state index in [9.17, 15) is 9.59 Å². The van der Waals surface area contributed by atoms with Crippen LogP contribution in [0.4, 0.5) is 0 Å². The number of ketones is 1. The number of Topliss-reactive ketones (excluding diaryl/α,β-unsaturated/α-hetero) is 1. The average Bonchev–Trinajstić information content (AvgIpc) is 2.97. The molecular weight excluding hydrogens is 336 g/mol. The van der Waals surface area contributed by atoms with Gasteiger partial charge < -0.3 is 5.11 Å². The van der Waals surface area contributed by atoms with Crippen LogP contribution >= 0.6 is 0 Å². The van der Waals surface area contributed by atoms with Crippen molar-refractivity contribution >= 4 is 11.8 Å². The van der Waals surface area contributed by atoms with Crippen molar-refractivity contribution in [3.05, 3.63) is 0 Å². The van der Waals surface area contributed by atoms with Gasteiger partial charge in [0.2, 0.25) is 0 Å². The number of carboxylic acid groups (broad SMARTS) is 1. The SMILES string of the molecule is C[C@@H](CCC(=O)O)[C@H]1CC[C@@H]2[C@H]3C(=O)C[C@@H]4CCCC[C@]4(C)[C@H]3CC[C@@]21C. The van der Waals surface area contributed by atoms with Crippen LogP contribution in [0.1, 0.15) is 91.4 Å². The molecule has 4 aliphatic carbocycles. The Balaban J connectivity index is 1.57. The molecule has 3 heteroatoms. The van der Waals surface area contributed by atoms with E-state index in [0.29, 0.717) is 46.7 Å². The van der Waals surface area contributed by atoms with Crippen molar-refractivity contribution in [2.45, 2.75) is 91.4 Å². The standard InChI is InChI=1S/C24H38O3/c1-15(7-10-21(26)27)17-8-9-18-22-19(11-13-24(17,18)3)23(2)12-5-4-6-16(23)14-20(22)25/h15-19,22H,4-14H2,1-3H3,(H,26,27)/t15-,16-,17+,18+,19-,22+,23-,24+/m0/s1. The molecule has 4 rings (SSSR count). The molecule has 0 bridgehead atoms. The van der Waals surface area contributed by atoms with Gasteiger partial charge in [-0.05, 0) is 85.4 Å². The number of hydrogen-bond acceptors (Lipinski definition) is 2. The number of carboxylic acids is 1. The summed E-state index contributed by atoms with van der Waals surface area (Å²) in [6.07, 6.45) is 12.0. The van der Waals surface area contributed by atoms with Crippen molar-refractivity contribution in [2.24, 2.45) is 46.3 Å². The molecule has 0 aromatic rings. The van der Waals surface area contributed by atoms with E-state index in [-0.39, 0.29) is 11.8 Å². The molecule has 8 atom stereocenters. The Labute approximate surface area is 164 Å². The summed E-state index contributed by atoms with van der Waals surface area (Å²) in [4.78, 5) is 24.4. The van der Waals surface area contributed by atoms with Crippen LogP contribution in [0.5, 0.6) is 0 Å². The summed E-state index contributed by atoms with van der Waals surface area (Å²) >= 11 is 0. The molecule has 152 valence electrons. The monoisotopic (exact) mass is 374 g/mol. The highest BCUT2D eigenvalue weighted by molar-refractivity contribution is 5.83. The van der Waals surface area contributed by atoms with Gasteiger partial charge in [-0.1, -0.05) is 33.6 Å². The van der Waals surface area contributed by atoms with Crippen LogP contribution in [0.25, 0.3) is 0 Å². The molecule has 0 unspecified atom stereocenters. The Morgan fingerprint density at radius 3 is 2.56 bits per heavy atom. The minimum Gasteiger partial charge on any atom is -0.481 e. The lowest BCUT2D eigenvalue weighted by molar-refractivity contribution is -0.156. The zero-order valence-electron chi connectivity index (χ0n) is 17.5. The molecule has 4 aliphatic rings. The zero-order valence-corrected chi connectivity index (χ0v) is 17.5. The minimum absolute atomic E-state index is 0.243.